The molecule has 116 valence electrons. The summed E-state index contributed by atoms with van der Waals surface area (Å²) in [4.78, 5) is 21.9. The largest absolute Gasteiger partial charge is 0.480 e. The Bertz CT molecular complexity index is 613. The molecule has 0 heterocycles. The molecule has 4 N–H and O–H groups in total. The Morgan fingerprint density at radius 1 is 1.33 bits per heavy atom. The average molecular weight is 332 g/mol. The van der Waals surface area contributed by atoms with Gasteiger partial charge >= 0.3 is 5.97 Å². The van der Waals surface area contributed by atoms with Crippen molar-refractivity contribution in [3.8, 4) is 0 Å². The van der Waals surface area contributed by atoms with Gasteiger partial charge in [0.25, 0.3) is 0 Å². The number of carbonyl (C=O) groups excluding carboxylic acids is 1. The number of benzene rings is 1. The van der Waals surface area contributed by atoms with E-state index in [4.69, 9.17) is 10.8 Å². The van der Waals surface area contributed by atoms with Gasteiger partial charge in [0.1, 0.15) is 6.04 Å². The number of hydrogen-bond acceptors (Lipinski definition) is 5. The van der Waals surface area contributed by atoms with Crippen molar-refractivity contribution in [1.29, 1.82) is 0 Å². The zero-order valence-electron chi connectivity index (χ0n) is 11.3. The molecule has 0 fully saturated rings. The molecule has 1 aromatic carbocycles. The van der Waals surface area contributed by atoms with E-state index in [1.54, 1.807) is 6.26 Å². The number of carbonyl (C=O) groups is 2. The van der Waals surface area contributed by atoms with Gasteiger partial charge in [0, 0.05) is 5.56 Å². The average Bonchev–Trinajstić information content (AvgIpc) is 2.43. The Kier molecular flexibility index (Phi) is 6.19. The monoisotopic (exact) mass is 332 g/mol. The molecule has 0 saturated heterocycles. The molecule has 1 aromatic rings. The van der Waals surface area contributed by atoms with Gasteiger partial charge in [-0.1, -0.05) is 0 Å². The lowest BCUT2D eigenvalue weighted by atomic mass is 10.2. The maximum Gasteiger partial charge on any atom is 0.321 e. The third kappa shape index (κ3) is 5.03. The minimum absolute atomic E-state index is 0.122. The highest BCUT2D eigenvalue weighted by atomic mass is 32.2. The van der Waals surface area contributed by atoms with Crippen molar-refractivity contribution in [2.45, 2.75) is 17.4 Å². The Balaban J connectivity index is 2.93. The molecule has 0 aliphatic carbocycles. The lowest BCUT2D eigenvalue weighted by Gasteiger charge is -2.14. The fourth-order valence-corrected chi connectivity index (χ4v) is 3.22. The smallest absolute Gasteiger partial charge is 0.321 e. The maximum atomic E-state index is 12.1. The van der Waals surface area contributed by atoms with E-state index < -0.39 is 27.9 Å². The van der Waals surface area contributed by atoms with Gasteiger partial charge in [0.15, 0.2) is 0 Å². The van der Waals surface area contributed by atoms with E-state index in [1.165, 1.54) is 36.0 Å². The summed E-state index contributed by atoms with van der Waals surface area (Å²) in [5.41, 5.74) is 5.24. The second kappa shape index (κ2) is 7.43. The van der Waals surface area contributed by atoms with Gasteiger partial charge in [-0.25, -0.2) is 8.42 Å². The second-order valence-electron chi connectivity index (χ2n) is 4.18. The first-order valence-corrected chi connectivity index (χ1v) is 8.79. The highest BCUT2D eigenvalue weighted by molar-refractivity contribution is 7.98. The van der Waals surface area contributed by atoms with Crippen LogP contribution in [0.4, 0.5) is 0 Å². The van der Waals surface area contributed by atoms with Crippen LogP contribution in [-0.2, 0) is 14.8 Å². The number of nitrogens with two attached hydrogens (primary N) is 1. The Hall–Kier alpha value is -1.58. The number of thioether (sulfide) groups is 1. The zero-order valence-corrected chi connectivity index (χ0v) is 12.9. The summed E-state index contributed by atoms with van der Waals surface area (Å²) >= 11 is 1.42. The molecule has 0 aliphatic heterocycles. The van der Waals surface area contributed by atoms with Crippen LogP contribution < -0.4 is 10.5 Å². The van der Waals surface area contributed by atoms with E-state index in [0.29, 0.717) is 5.75 Å². The number of aliphatic carboxylic acids is 1. The Morgan fingerprint density at radius 3 is 2.33 bits per heavy atom. The zero-order chi connectivity index (χ0) is 16.0. The summed E-state index contributed by atoms with van der Waals surface area (Å²) in [7, 11) is -3.97. The molecule has 1 unspecified atom stereocenters. The van der Waals surface area contributed by atoms with Crippen molar-refractivity contribution in [3.05, 3.63) is 29.8 Å². The van der Waals surface area contributed by atoms with E-state index in [-0.39, 0.29) is 16.9 Å². The number of carboxylic acid groups (broad SMARTS) is 1. The summed E-state index contributed by atoms with van der Waals surface area (Å²) in [5, 5.41) is 9.03. The molecule has 0 spiro atoms. The quantitative estimate of drug-likeness (QED) is 0.627. The molecule has 0 saturated carbocycles. The van der Waals surface area contributed by atoms with Crippen LogP contribution in [0.15, 0.2) is 29.2 Å². The molecule has 0 radical (unpaired) electrons. The van der Waals surface area contributed by atoms with Crippen molar-refractivity contribution in [3.63, 3.8) is 0 Å². The van der Waals surface area contributed by atoms with Gasteiger partial charge in [-0.05, 0) is 42.7 Å². The minimum atomic E-state index is -3.97. The van der Waals surface area contributed by atoms with Crippen LogP contribution in [0.5, 0.6) is 0 Å². The van der Waals surface area contributed by atoms with E-state index in [9.17, 15) is 18.0 Å². The molecular weight excluding hydrogens is 316 g/mol. The van der Waals surface area contributed by atoms with Gasteiger partial charge in [-0.2, -0.15) is 16.5 Å². The summed E-state index contributed by atoms with van der Waals surface area (Å²) in [5.74, 6) is -1.39. The Labute approximate surface area is 127 Å². The fourth-order valence-electron chi connectivity index (χ4n) is 1.52. The third-order valence-electron chi connectivity index (χ3n) is 2.66. The first-order chi connectivity index (χ1) is 9.77. The third-order valence-corrected chi connectivity index (χ3v) is 4.79. The van der Waals surface area contributed by atoms with Crippen LogP contribution >= 0.6 is 11.8 Å². The molecule has 0 aromatic heterocycles. The van der Waals surface area contributed by atoms with E-state index in [1.807, 2.05) is 0 Å². The predicted octanol–water partition coefficient (Wildman–Crippen LogP) is 0.270. The van der Waals surface area contributed by atoms with Crippen molar-refractivity contribution in [1.82, 2.24) is 4.72 Å². The predicted molar refractivity (Wildman–Crippen MR) is 79.7 cm³/mol. The van der Waals surface area contributed by atoms with Crippen molar-refractivity contribution >= 4 is 33.7 Å². The number of hydrogen-bond donors (Lipinski definition) is 3. The molecule has 7 nitrogen and oxygen atoms in total. The van der Waals surface area contributed by atoms with Crippen molar-refractivity contribution in [2.24, 2.45) is 5.73 Å². The highest BCUT2D eigenvalue weighted by Gasteiger charge is 2.25. The standard InChI is InChI=1S/C12H16N2O5S2/c1-20-7-6-10(12(16)17)14-21(18,19)9-4-2-8(3-5-9)11(13)15/h2-5,10,14H,6-7H2,1H3,(H2,13,15)(H,16,17). The minimum Gasteiger partial charge on any atom is -0.480 e. The van der Waals surface area contributed by atoms with E-state index in [0.717, 1.165) is 0 Å². The van der Waals surface area contributed by atoms with Gasteiger partial charge in [0.05, 0.1) is 4.90 Å². The lowest BCUT2D eigenvalue weighted by Crippen LogP contribution is -2.41. The highest BCUT2D eigenvalue weighted by Crippen LogP contribution is 2.12. The van der Waals surface area contributed by atoms with E-state index >= 15 is 0 Å². The van der Waals surface area contributed by atoms with Gasteiger partial charge in [-0.3, -0.25) is 9.59 Å². The first-order valence-electron chi connectivity index (χ1n) is 5.92. The summed E-state index contributed by atoms with van der Waals surface area (Å²) in [6, 6.07) is 3.76. The molecule has 21 heavy (non-hydrogen) atoms. The van der Waals surface area contributed by atoms with Crippen molar-refractivity contribution < 1.29 is 23.1 Å². The molecule has 1 amide bonds. The molecular formula is C12H16N2O5S2. The number of carboxylic acids is 1. The maximum absolute atomic E-state index is 12.1. The molecule has 9 heteroatoms. The van der Waals surface area contributed by atoms with Gasteiger partial charge in [-0.15, -0.1) is 0 Å². The molecule has 1 atom stereocenters. The van der Waals surface area contributed by atoms with Crippen LogP contribution in [-0.4, -0.2) is 43.5 Å². The normalized spacial score (nSPS) is 12.8. The van der Waals surface area contributed by atoms with Crippen LogP contribution in [0.2, 0.25) is 0 Å². The van der Waals surface area contributed by atoms with E-state index in [2.05, 4.69) is 4.72 Å². The number of amides is 1. The first kappa shape index (κ1) is 17.5. The van der Waals surface area contributed by atoms with Crippen LogP contribution in [0.3, 0.4) is 0 Å². The second-order valence-corrected chi connectivity index (χ2v) is 6.88. The molecule has 1 rings (SSSR count). The fraction of sp³-hybridized carbons (Fsp3) is 0.333. The number of nitrogens with one attached hydrogen (secondary N) is 1. The Morgan fingerprint density at radius 2 is 1.90 bits per heavy atom. The van der Waals surface area contributed by atoms with Crippen molar-refractivity contribution in [2.75, 3.05) is 12.0 Å². The van der Waals surface area contributed by atoms with Crippen LogP contribution in [0, 0.1) is 0 Å². The van der Waals surface area contributed by atoms with Crippen LogP contribution in [0.1, 0.15) is 16.8 Å². The number of rotatable bonds is 8. The number of primary amides is 1. The molecule has 0 aliphatic rings. The van der Waals surface area contributed by atoms with Crippen LogP contribution in [0.25, 0.3) is 0 Å². The van der Waals surface area contributed by atoms with Gasteiger partial charge < -0.3 is 10.8 Å². The topological polar surface area (TPSA) is 127 Å². The SMILES string of the molecule is CSCCC(NS(=O)(=O)c1ccc(C(N)=O)cc1)C(=O)O. The molecule has 0 bridgehead atoms. The summed E-state index contributed by atoms with van der Waals surface area (Å²) in [6.45, 7) is 0. The summed E-state index contributed by atoms with van der Waals surface area (Å²) in [6.07, 6.45) is 1.98. The number of sulfonamides is 1. The van der Waals surface area contributed by atoms with Gasteiger partial charge in [0.2, 0.25) is 15.9 Å². The lowest BCUT2D eigenvalue weighted by molar-refractivity contribution is -0.139. The summed E-state index contributed by atoms with van der Waals surface area (Å²) < 4.78 is 26.3.